The standard InChI is InChI=1S/C7H14O2/c1-4-3-6(8)7(9)5(4)2/h4-9H,3H2,1-2H3/t4?,5?,6?,7-/m1/s1. The van der Waals surface area contributed by atoms with Gasteiger partial charge in [-0.1, -0.05) is 13.8 Å². The summed E-state index contributed by atoms with van der Waals surface area (Å²) in [5.41, 5.74) is 0. The lowest BCUT2D eigenvalue weighted by molar-refractivity contribution is 0.0236. The monoisotopic (exact) mass is 130 g/mol. The zero-order chi connectivity index (χ0) is 7.02. The van der Waals surface area contributed by atoms with Gasteiger partial charge in [0.25, 0.3) is 0 Å². The first kappa shape index (κ1) is 7.03. The van der Waals surface area contributed by atoms with Crippen molar-refractivity contribution in [3.05, 3.63) is 0 Å². The van der Waals surface area contributed by atoms with E-state index in [0.717, 1.165) is 6.42 Å². The smallest absolute Gasteiger partial charge is 0.0827 e. The molecule has 0 bridgehead atoms. The van der Waals surface area contributed by atoms with Gasteiger partial charge < -0.3 is 10.2 Å². The summed E-state index contributed by atoms with van der Waals surface area (Å²) in [6.45, 7) is 4.04. The Labute approximate surface area is 55.5 Å². The maximum absolute atomic E-state index is 9.19. The summed E-state index contributed by atoms with van der Waals surface area (Å²) >= 11 is 0. The highest BCUT2D eigenvalue weighted by atomic mass is 16.3. The molecule has 1 saturated carbocycles. The summed E-state index contributed by atoms with van der Waals surface area (Å²) < 4.78 is 0. The van der Waals surface area contributed by atoms with Crippen molar-refractivity contribution in [2.24, 2.45) is 11.8 Å². The predicted octanol–water partition coefficient (Wildman–Crippen LogP) is 0.384. The Morgan fingerprint density at radius 2 is 1.78 bits per heavy atom. The average Bonchev–Trinajstić information content (AvgIpc) is 1.98. The highest BCUT2D eigenvalue weighted by Crippen LogP contribution is 2.31. The minimum Gasteiger partial charge on any atom is -0.390 e. The third kappa shape index (κ3) is 1.10. The van der Waals surface area contributed by atoms with Crippen LogP contribution in [0.4, 0.5) is 0 Å². The molecule has 0 heterocycles. The van der Waals surface area contributed by atoms with Crippen molar-refractivity contribution < 1.29 is 10.2 Å². The largest absolute Gasteiger partial charge is 0.390 e. The normalized spacial score (nSPS) is 52.0. The van der Waals surface area contributed by atoms with Gasteiger partial charge in [0.2, 0.25) is 0 Å². The van der Waals surface area contributed by atoms with Crippen molar-refractivity contribution in [1.82, 2.24) is 0 Å². The molecule has 0 aromatic heterocycles. The molecule has 1 fully saturated rings. The van der Waals surface area contributed by atoms with Crippen LogP contribution >= 0.6 is 0 Å². The van der Waals surface area contributed by atoms with E-state index in [4.69, 9.17) is 5.11 Å². The van der Waals surface area contributed by atoms with E-state index in [1.54, 1.807) is 0 Å². The Bertz CT molecular complexity index is 91.1. The van der Waals surface area contributed by atoms with E-state index in [0.29, 0.717) is 5.92 Å². The van der Waals surface area contributed by atoms with Crippen LogP contribution in [0.25, 0.3) is 0 Å². The van der Waals surface area contributed by atoms with Crippen LogP contribution in [0.3, 0.4) is 0 Å². The van der Waals surface area contributed by atoms with Gasteiger partial charge in [-0.25, -0.2) is 0 Å². The van der Waals surface area contributed by atoms with Crippen LogP contribution in [0.1, 0.15) is 20.3 Å². The molecule has 0 aromatic rings. The first-order chi connectivity index (χ1) is 4.13. The Kier molecular flexibility index (Phi) is 1.78. The van der Waals surface area contributed by atoms with Gasteiger partial charge in [-0.3, -0.25) is 0 Å². The summed E-state index contributed by atoms with van der Waals surface area (Å²) in [6, 6.07) is 0. The number of hydrogen-bond acceptors (Lipinski definition) is 2. The van der Waals surface area contributed by atoms with E-state index < -0.39 is 12.2 Å². The van der Waals surface area contributed by atoms with Crippen LogP contribution in [0.2, 0.25) is 0 Å². The van der Waals surface area contributed by atoms with Gasteiger partial charge in [0.15, 0.2) is 0 Å². The van der Waals surface area contributed by atoms with Crippen molar-refractivity contribution in [3.8, 4) is 0 Å². The molecule has 0 spiro atoms. The van der Waals surface area contributed by atoms with Gasteiger partial charge in [-0.15, -0.1) is 0 Å². The second-order valence-corrected chi connectivity index (χ2v) is 3.13. The van der Waals surface area contributed by atoms with Gasteiger partial charge >= 0.3 is 0 Å². The van der Waals surface area contributed by atoms with Crippen LogP contribution < -0.4 is 0 Å². The minimum absolute atomic E-state index is 0.264. The van der Waals surface area contributed by atoms with Crippen LogP contribution in [0, 0.1) is 11.8 Å². The maximum atomic E-state index is 9.19. The van der Waals surface area contributed by atoms with E-state index in [9.17, 15) is 5.11 Å². The van der Waals surface area contributed by atoms with Gasteiger partial charge in [0.05, 0.1) is 12.2 Å². The van der Waals surface area contributed by atoms with Crippen molar-refractivity contribution >= 4 is 0 Å². The second-order valence-electron chi connectivity index (χ2n) is 3.13. The molecule has 0 aliphatic heterocycles. The van der Waals surface area contributed by atoms with Crippen LogP contribution in [0.15, 0.2) is 0 Å². The Morgan fingerprint density at radius 1 is 1.22 bits per heavy atom. The average molecular weight is 130 g/mol. The van der Waals surface area contributed by atoms with Crippen LogP contribution in [0.5, 0.6) is 0 Å². The minimum atomic E-state index is -0.486. The topological polar surface area (TPSA) is 40.5 Å². The molecule has 54 valence electrons. The first-order valence-corrected chi connectivity index (χ1v) is 3.49. The zero-order valence-electron chi connectivity index (χ0n) is 5.91. The predicted molar refractivity (Wildman–Crippen MR) is 35.0 cm³/mol. The Hall–Kier alpha value is -0.0800. The number of aliphatic hydroxyl groups excluding tert-OH is 2. The highest BCUT2D eigenvalue weighted by Gasteiger charge is 2.35. The summed E-state index contributed by atoms with van der Waals surface area (Å²) in [5, 5.41) is 18.3. The van der Waals surface area contributed by atoms with E-state index >= 15 is 0 Å². The fourth-order valence-corrected chi connectivity index (χ4v) is 1.42. The lowest BCUT2D eigenvalue weighted by atomic mass is 10.00. The number of rotatable bonds is 0. The lowest BCUT2D eigenvalue weighted by Crippen LogP contribution is -2.23. The molecule has 0 amide bonds. The van der Waals surface area contributed by atoms with E-state index in [1.807, 2.05) is 6.92 Å². The number of aliphatic hydroxyl groups is 2. The molecule has 2 nitrogen and oxygen atoms in total. The SMILES string of the molecule is CC1CC(O)[C@H](O)C1C. The molecule has 0 radical (unpaired) electrons. The summed E-state index contributed by atoms with van der Waals surface area (Å²) in [4.78, 5) is 0. The van der Waals surface area contributed by atoms with Crippen molar-refractivity contribution in [3.63, 3.8) is 0 Å². The molecule has 4 atom stereocenters. The Morgan fingerprint density at radius 3 is 1.89 bits per heavy atom. The molecular formula is C7H14O2. The van der Waals surface area contributed by atoms with Gasteiger partial charge in [-0.05, 0) is 18.3 Å². The van der Waals surface area contributed by atoms with E-state index in [2.05, 4.69) is 6.92 Å². The van der Waals surface area contributed by atoms with Crippen molar-refractivity contribution in [1.29, 1.82) is 0 Å². The molecule has 1 aliphatic rings. The third-order valence-electron chi connectivity index (χ3n) is 2.44. The molecule has 1 aliphatic carbocycles. The highest BCUT2D eigenvalue weighted by molar-refractivity contribution is 4.85. The molecule has 0 saturated heterocycles. The van der Waals surface area contributed by atoms with E-state index in [-0.39, 0.29) is 5.92 Å². The van der Waals surface area contributed by atoms with Crippen LogP contribution in [-0.4, -0.2) is 22.4 Å². The molecule has 1 rings (SSSR count). The molecular weight excluding hydrogens is 116 g/mol. The first-order valence-electron chi connectivity index (χ1n) is 3.49. The van der Waals surface area contributed by atoms with Gasteiger partial charge in [-0.2, -0.15) is 0 Å². The molecule has 0 aromatic carbocycles. The van der Waals surface area contributed by atoms with Gasteiger partial charge in [0, 0.05) is 0 Å². The Balaban J connectivity index is 2.54. The fraction of sp³-hybridized carbons (Fsp3) is 1.00. The third-order valence-corrected chi connectivity index (χ3v) is 2.44. The summed E-state index contributed by atoms with van der Waals surface area (Å²) in [7, 11) is 0. The second kappa shape index (κ2) is 2.27. The van der Waals surface area contributed by atoms with Crippen molar-refractivity contribution in [2.75, 3.05) is 0 Å². The zero-order valence-corrected chi connectivity index (χ0v) is 5.91. The number of hydrogen-bond donors (Lipinski definition) is 2. The molecule has 3 unspecified atom stereocenters. The summed E-state index contributed by atoms with van der Waals surface area (Å²) in [6.07, 6.45) is -0.211. The maximum Gasteiger partial charge on any atom is 0.0827 e. The lowest BCUT2D eigenvalue weighted by Gasteiger charge is -2.12. The van der Waals surface area contributed by atoms with Crippen LogP contribution in [-0.2, 0) is 0 Å². The quantitative estimate of drug-likeness (QED) is 0.498. The van der Waals surface area contributed by atoms with Crippen molar-refractivity contribution in [2.45, 2.75) is 32.5 Å². The molecule has 2 heteroatoms. The fourth-order valence-electron chi connectivity index (χ4n) is 1.42. The van der Waals surface area contributed by atoms with E-state index in [1.165, 1.54) is 0 Å². The van der Waals surface area contributed by atoms with Gasteiger partial charge in [0.1, 0.15) is 0 Å². The summed E-state index contributed by atoms with van der Waals surface area (Å²) in [5.74, 6) is 0.731. The molecule has 2 N–H and O–H groups in total. The molecule has 9 heavy (non-hydrogen) atoms.